The van der Waals surface area contributed by atoms with Crippen LogP contribution < -0.4 is 4.74 Å². The van der Waals surface area contributed by atoms with Crippen molar-refractivity contribution < 1.29 is 17.9 Å². The van der Waals surface area contributed by atoms with Crippen LogP contribution in [0.25, 0.3) is 0 Å². The van der Waals surface area contributed by atoms with Crippen molar-refractivity contribution in [3.63, 3.8) is 0 Å². The molecule has 5 nitrogen and oxygen atoms in total. The normalized spacial score (nSPS) is 12.3. The van der Waals surface area contributed by atoms with Crippen LogP contribution in [-0.4, -0.2) is 27.2 Å². The van der Waals surface area contributed by atoms with Gasteiger partial charge < -0.3 is 4.74 Å². The molecule has 1 N–H and O–H groups in total. The van der Waals surface area contributed by atoms with E-state index in [0.717, 1.165) is 0 Å². The minimum Gasteiger partial charge on any atom is -0.490 e. The largest absolute Gasteiger partial charge is 0.490 e. The van der Waals surface area contributed by atoms with Crippen LogP contribution in [-0.2, 0) is 6.18 Å². The number of ether oxygens (including phenoxy) is 1. The second-order valence-corrected chi connectivity index (χ2v) is 6.00. The van der Waals surface area contributed by atoms with Crippen LogP contribution in [0.2, 0.25) is 0 Å². The van der Waals surface area contributed by atoms with Gasteiger partial charge in [-0.25, -0.2) is 5.10 Å². The predicted molar refractivity (Wildman–Crippen MR) is 85.3 cm³/mol. The molecule has 0 aliphatic carbocycles. The summed E-state index contributed by atoms with van der Waals surface area (Å²) in [7, 11) is 0. The Balaban J connectivity index is 2.30. The van der Waals surface area contributed by atoms with Crippen molar-refractivity contribution in [2.45, 2.75) is 26.1 Å². The van der Waals surface area contributed by atoms with Gasteiger partial charge in [0.05, 0.1) is 16.8 Å². The molecular weight excluding hydrogens is 397 g/mol. The summed E-state index contributed by atoms with van der Waals surface area (Å²) in [6.07, 6.45) is -3.39. The topological polar surface area (TPSA) is 55.2 Å². The van der Waals surface area contributed by atoms with E-state index in [9.17, 15) is 13.2 Å². The Morgan fingerprint density at radius 3 is 2.70 bits per heavy atom. The van der Waals surface area contributed by atoms with Crippen molar-refractivity contribution in [1.82, 2.24) is 14.9 Å². The number of nitrogens with zero attached hydrogens (tertiary/aromatic N) is 3. The maximum Gasteiger partial charge on any atom is 0.453 e. The first-order valence-corrected chi connectivity index (χ1v) is 7.64. The average Bonchev–Trinajstić information content (AvgIpc) is 2.80. The quantitative estimate of drug-likeness (QED) is 0.602. The number of hydrogen-bond donors (Lipinski definition) is 1. The summed E-state index contributed by atoms with van der Waals surface area (Å²) in [5.41, 5.74) is 0.573. The van der Waals surface area contributed by atoms with Crippen LogP contribution >= 0.6 is 28.1 Å². The summed E-state index contributed by atoms with van der Waals surface area (Å²) < 4.78 is 44.8. The van der Waals surface area contributed by atoms with Crippen molar-refractivity contribution in [3.8, 4) is 5.75 Å². The molecule has 0 unspecified atom stereocenters. The Hall–Kier alpha value is -1.68. The number of H-pyrrole nitrogens is 1. The lowest BCUT2D eigenvalue weighted by molar-refractivity contribution is -0.147. The fourth-order valence-electron chi connectivity index (χ4n) is 1.65. The lowest BCUT2D eigenvalue weighted by Crippen LogP contribution is -2.12. The molecule has 0 radical (unpaired) electrons. The highest BCUT2D eigenvalue weighted by atomic mass is 79.9. The molecule has 0 saturated heterocycles. The van der Waals surface area contributed by atoms with E-state index < -0.39 is 12.0 Å². The van der Waals surface area contributed by atoms with Gasteiger partial charge in [0, 0.05) is 0 Å². The summed E-state index contributed by atoms with van der Waals surface area (Å²) in [5.74, 6) is -0.578. The molecule has 10 heteroatoms. The van der Waals surface area contributed by atoms with Crippen molar-refractivity contribution in [3.05, 3.63) is 38.8 Å². The summed E-state index contributed by atoms with van der Waals surface area (Å²) in [6, 6.07) is 5.05. The molecule has 0 amide bonds. The molecule has 0 fully saturated rings. The summed E-state index contributed by atoms with van der Waals surface area (Å²) >= 11 is 8.10. The van der Waals surface area contributed by atoms with E-state index in [-0.39, 0.29) is 10.9 Å². The van der Waals surface area contributed by atoms with Gasteiger partial charge in [-0.2, -0.15) is 22.9 Å². The van der Waals surface area contributed by atoms with Gasteiger partial charge in [-0.05, 0) is 65.8 Å². The van der Waals surface area contributed by atoms with Crippen LogP contribution in [0.4, 0.5) is 13.2 Å². The summed E-state index contributed by atoms with van der Waals surface area (Å²) in [6.45, 7) is 3.78. The van der Waals surface area contributed by atoms with Gasteiger partial charge in [0.15, 0.2) is 0 Å². The van der Waals surface area contributed by atoms with Crippen LogP contribution in [0.3, 0.4) is 0 Å². The fraction of sp³-hybridized carbons (Fsp3) is 0.308. The van der Waals surface area contributed by atoms with Gasteiger partial charge in [-0.15, -0.1) is 5.10 Å². The van der Waals surface area contributed by atoms with Gasteiger partial charge in [0.1, 0.15) is 5.75 Å². The van der Waals surface area contributed by atoms with Crippen molar-refractivity contribution in [1.29, 1.82) is 0 Å². The highest BCUT2D eigenvalue weighted by molar-refractivity contribution is 9.10. The summed E-state index contributed by atoms with van der Waals surface area (Å²) in [5, 5.41) is 8.96. The Labute approximate surface area is 143 Å². The molecule has 1 heterocycles. The van der Waals surface area contributed by atoms with Crippen LogP contribution in [0.5, 0.6) is 5.75 Å². The van der Waals surface area contributed by atoms with Gasteiger partial charge in [0.2, 0.25) is 4.77 Å². The van der Waals surface area contributed by atoms with E-state index >= 15 is 0 Å². The number of hydrogen-bond acceptors (Lipinski definition) is 4. The van der Waals surface area contributed by atoms with Gasteiger partial charge in [-0.3, -0.25) is 0 Å². The van der Waals surface area contributed by atoms with Crippen molar-refractivity contribution in [2.75, 3.05) is 0 Å². The van der Waals surface area contributed by atoms with E-state index in [1.165, 1.54) is 6.21 Å². The van der Waals surface area contributed by atoms with Crippen molar-refractivity contribution in [2.24, 2.45) is 5.10 Å². The van der Waals surface area contributed by atoms with E-state index in [1.54, 1.807) is 18.2 Å². The Morgan fingerprint density at radius 2 is 2.13 bits per heavy atom. The highest BCUT2D eigenvalue weighted by Crippen LogP contribution is 2.28. The molecule has 2 aromatic rings. The van der Waals surface area contributed by atoms with E-state index in [1.807, 2.05) is 13.8 Å². The van der Waals surface area contributed by atoms with Crippen molar-refractivity contribution >= 4 is 34.4 Å². The molecule has 0 atom stereocenters. The number of benzene rings is 1. The Kier molecular flexibility index (Phi) is 5.25. The minimum absolute atomic E-state index is 0.00409. The molecule has 0 saturated carbocycles. The SMILES string of the molecule is CC(C)Oc1ccc(/C=N\n2c(C(F)(F)F)n[nH]c2=S)cc1Br. The maximum absolute atomic E-state index is 12.8. The lowest BCUT2D eigenvalue weighted by Gasteiger charge is -2.11. The zero-order chi connectivity index (χ0) is 17.2. The highest BCUT2D eigenvalue weighted by Gasteiger charge is 2.37. The van der Waals surface area contributed by atoms with E-state index in [4.69, 9.17) is 17.0 Å². The van der Waals surface area contributed by atoms with E-state index in [2.05, 4.69) is 31.2 Å². The van der Waals surface area contributed by atoms with Crippen LogP contribution in [0.15, 0.2) is 27.8 Å². The first-order valence-electron chi connectivity index (χ1n) is 6.43. The van der Waals surface area contributed by atoms with Crippen LogP contribution in [0.1, 0.15) is 25.2 Å². The zero-order valence-electron chi connectivity index (χ0n) is 12.1. The number of halogens is 4. The third-order valence-corrected chi connectivity index (χ3v) is 3.43. The Morgan fingerprint density at radius 1 is 1.43 bits per heavy atom. The number of aromatic nitrogens is 3. The molecule has 0 bridgehead atoms. The second-order valence-electron chi connectivity index (χ2n) is 4.76. The van der Waals surface area contributed by atoms with E-state index in [0.29, 0.717) is 20.5 Å². The molecular formula is C13H12BrF3N4OS. The molecule has 124 valence electrons. The molecule has 23 heavy (non-hydrogen) atoms. The number of nitrogens with one attached hydrogen (secondary N) is 1. The maximum atomic E-state index is 12.8. The number of aromatic amines is 1. The minimum atomic E-state index is -4.65. The lowest BCUT2D eigenvalue weighted by atomic mass is 10.2. The fourth-order valence-corrected chi connectivity index (χ4v) is 2.32. The predicted octanol–water partition coefficient (Wildman–Crippen LogP) is 4.39. The first kappa shape index (κ1) is 17.7. The van der Waals surface area contributed by atoms with Gasteiger partial charge >= 0.3 is 6.18 Å². The molecule has 0 aliphatic rings. The smallest absolute Gasteiger partial charge is 0.453 e. The molecule has 0 spiro atoms. The molecule has 2 rings (SSSR count). The van der Waals surface area contributed by atoms with Crippen LogP contribution in [0, 0.1) is 4.77 Å². The standard InChI is InChI=1S/C13H12BrF3N4OS/c1-7(2)22-10-4-3-8(5-9(10)14)6-18-21-11(13(15,16)17)19-20-12(21)23/h3-7H,1-2H3,(H,20,23)/b18-6-. The van der Waals surface area contributed by atoms with Gasteiger partial charge in [-0.1, -0.05) is 0 Å². The molecule has 0 aliphatic heterocycles. The monoisotopic (exact) mass is 408 g/mol. The third-order valence-electron chi connectivity index (χ3n) is 2.54. The average molecular weight is 409 g/mol. The zero-order valence-corrected chi connectivity index (χ0v) is 14.5. The van der Waals surface area contributed by atoms with Gasteiger partial charge in [0.25, 0.3) is 5.82 Å². The molecule has 1 aromatic heterocycles. The molecule has 1 aromatic carbocycles. The number of rotatable bonds is 4. The number of alkyl halides is 3. The Bertz CT molecular complexity index is 782. The summed E-state index contributed by atoms with van der Waals surface area (Å²) in [4.78, 5) is 0. The third kappa shape index (κ3) is 4.41. The second kappa shape index (κ2) is 6.83. The first-order chi connectivity index (χ1) is 10.7.